The molecule has 216 valence electrons. The number of carbonyl (C=O) groups is 4. The summed E-state index contributed by atoms with van der Waals surface area (Å²) in [5.41, 5.74) is 5.47. The lowest BCUT2D eigenvalue weighted by Crippen LogP contribution is -2.58. The number of nitrogens with one attached hydrogen (secondary N) is 3. The number of hydrogen-bond acceptors (Lipinski definition) is 9. The van der Waals surface area contributed by atoms with E-state index in [2.05, 4.69) is 20.9 Å². The molecule has 2 heterocycles. The summed E-state index contributed by atoms with van der Waals surface area (Å²) < 4.78 is 34.2. The SMILES string of the molecule is CS(=O)(=O)c1ccc(CN2CCC3(CC2)CC(=O)N[C@H](C(N)=O)CC(=O)NCCOCCOCC(=O)N3)cc1. The van der Waals surface area contributed by atoms with Crippen molar-refractivity contribution < 1.29 is 37.1 Å². The number of benzene rings is 1. The van der Waals surface area contributed by atoms with E-state index in [4.69, 9.17) is 15.2 Å². The van der Waals surface area contributed by atoms with Crippen molar-refractivity contribution in [3.63, 3.8) is 0 Å². The van der Waals surface area contributed by atoms with Crippen molar-refractivity contribution in [1.82, 2.24) is 20.9 Å². The highest BCUT2D eigenvalue weighted by Crippen LogP contribution is 2.27. The van der Waals surface area contributed by atoms with Crippen LogP contribution < -0.4 is 21.7 Å². The maximum Gasteiger partial charge on any atom is 0.246 e. The van der Waals surface area contributed by atoms with Crippen molar-refractivity contribution in [3.8, 4) is 0 Å². The molecule has 0 radical (unpaired) electrons. The Labute approximate surface area is 228 Å². The number of likely N-dealkylation sites (tertiary alicyclic amines) is 1. The molecule has 2 saturated heterocycles. The lowest BCUT2D eigenvalue weighted by molar-refractivity contribution is -0.132. The third-order valence-electron chi connectivity index (χ3n) is 6.72. The van der Waals surface area contributed by atoms with Gasteiger partial charge in [0.2, 0.25) is 23.6 Å². The van der Waals surface area contributed by atoms with Gasteiger partial charge in [0, 0.05) is 38.9 Å². The Bertz CT molecular complexity index is 1130. The van der Waals surface area contributed by atoms with Crippen LogP contribution in [0, 0.1) is 0 Å². The molecule has 3 rings (SSSR count). The standard InChI is InChI=1S/C25H37N5O8S/c1-39(35,36)19-4-2-18(3-5-19)16-30-9-6-25(7-10-30)15-22(32)28-20(24(26)34)14-21(31)27-8-11-37-12-13-38-17-23(33)29-25/h2-5,20H,6-17H2,1H3,(H2,26,34)(H,27,31)(H,28,32)(H,29,33)/t20-/m0/s1. The second-order valence-electron chi connectivity index (χ2n) is 9.94. The first-order valence-electron chi connectivity index (χ1n) is 12.8. The summed E-state index contributed by atoms with van der Waals surface area (Å²) in [5.74, 6) is -2.18. The van der Waals surface area contributed by atoms with Crippen molar-refractivity contribution in [3.05, 3.63) is 29.8 Å². The van der Waals surface area contributed by atoms with Crippen LogP contribution >= 0.6 is 0 Å². The predicted octanol–water partition coefficient (Wildman–Crippen LogP) is -1.55. The number of amides is 4. The minimum Gasteiger partial charge on any atom is -0.377 e. The van der Waals surface area contributed by atoms with Gasteiger partial charge in [0.05, 0.1) is 36.7 Å². The quantitative estimate of drug-likeness (QED) is 0.334. The summed E-state index contributed by atoms with van der Waals surface area (Å²) in [4.78, 5) is 52.2. The largest absolute Gasteiger partial charge is 0.377 e. The van der Waals surface area contributed by atoms with Gasteiger partial charge in [-0.25, -0.2) is 8.42 Å². The van der Waals surface area contributed by atoms with E-state index in [0.717, 1.165) is 11.8 Å². The summed E-state index contributed by atoms with van der Waals surface area (Å²) >= 11 is 0. The lowest BCUT2D eigenvalue weighted by atomic mass is 9.83. The number of rotatable bonds is 4. The van der Waals surface area contributed by atoms with E-state index < -0.39 is 39.1 Å². The van der Waals surface area contributed by atoms with Gasteiger partial charge in [-0.3, -0.25) is 24.1 Å². The Morgan fingerprint density at radius 3 is 2.33 bits per heavy atom. The van der Waals surface area contributed by atoms with E-state index in [-0.39, 0.29) is 56.6 Å². The molecule has 2 aliphatic heterocycles. The Kier molecular flexibility index (Phi) is 10.8. The molecule has 0 bridgehead atoms. The van der Waals surface area contributed by atoms with Gasteiger partial charge in [0.25, 0.3) is 0 Å². The van der Waals surface area contributed by atoms with Crippen LogP contribution in [0.25, 0.3) is 0 Å². The van der Waals surface area contributed by atoms with Crippen LogP contribution in [0.1, 0.15) is 31.2 Å². The molecule has 0 aliphatic carbocycles. The minimum atomic E-state index is -3.28. The second-order valence-corrected chi connectivity index (χ2v) is 12.0. The summed E-state index contributed by atoms with van der Waals surface area (Å²) in [6.07, 6.45) is 1.63. The van der Waals surface area contributed by atoms with Crippen LogP contribution in [0.3, 0.4) is 0 Å². The van der Waals surface area contributed by atoms with Crippen LogP contribution in [0.4, 0.5) is 0 Å². The van der Waals surface area contributed by atoms with Gasteiger partial charge in [-0.2, -0.15) is 0 Å². The van der Waals surface area contributed by atoms with Crippen molar-refractivity contribution in [2.24, 2.45) is 5.73 Å². The fraction of sp³-hybridized carbons (Fsp3) is 0.600. The first kappa shape index (κ1) is 30.5. The van der Waals surface area contributed by atoms with Crippen LogP contribution in [-0.2, 0) is 45.0 Å². The number of hydrogen-bond donors (Lipinski definition) is 4. The third-order valence-corrected chi connectivity index (χ3v) is 7.84. The Morgan fingerprint density at radius 1 is 1.03 bits per heavy atom. The number of sulfone groups is 1. The van der Waals surface area contributed by atoms with Gasteiger partial charge in [-0.1, -0.05) is 12.1 Å². The van der Waals surface area contributed by atoms with Crippen molar-refractivity contribution in [2.45, 2.75) is 48.7 Å². The number of piperidine rings is 1. The lowest BCUT2D eigenvalue weighted by Gasteiger charge is -2.42. The summed E-state index contributed by atoms with van der Waals surface area (Å²) in [7, 11) is -3.28. The molecule has 5 N–H and O–H groups in total. The van der Waals surface area contributed by atoms with Crippen LogP contribution in [0.2, 0.25) is 0 Å². The topological polar surface area (TPSA) is 186 Å². The average Bonchev–Trinajstić information content (AvgIpc) is 2.86. The van der Waals surface area contributed by atoms with Crippen LogP contribution in [0.5, 0.6) is 0 Å². The van der Waals surface area contributed by atoms with Crippen LogP contribution in [-0.4, -0.2) is 101 Å². The molecule has 1 aromatic carbocycles. The Balaban J connectivity index is 1.69. The predicted molar refractivity (Wildman–Crippen MR) is 140 cm³/mol. The zero-order valence-electron chi connectivity index (χ0n) is 22.1. The van der Waals surface area contributed by atoms with Gasteiger partial charge in [0.1, 0.15) is 12.6 Å². The van der Waals surface area contributed by atoms with Gasteiger partial charge in [-0.15, -0.1) is 0 Å². The maximum atomic E-state index is 13.0. The zero-order chi connectivity index (χ0) is 28.5. The molecule has 4 amide bonds. The molecule has 14 heteroatoms. The van der Waals surface area contributed by atoms with Gasteiger partial charge in [0.15, 0.2) is 9.84 Å². The van der Waals surface area contributed by atoms with E-state index >= 15 is 0 Å². The molecule has 1 spiro atoms. The highest BCUT2D eigenvalue weighted by molar-refractivity contribution is 7.90. The van der Waals surface area contributed by atoms with Crippen LogP contribution in [0.15, 0.2) is 29.2 Å². The van der Waals surface area contributed by atoms with Gasteiger partial charge in [-0.05, 0) is 30.5 Å². The smallest absolute Gasteiger partial charge is 0.246 e. The molecule has 39 heavy (non-hydrogen) atoms. The van der Waals surface area contributed by atoms with Gasteiger partial charge < -0.3 is 31.2 Å². The highest BCUT2D eigenvalue weighted by atomic mass is 32.2. The molecule has 1 atom stereocenters. The zero-order valence-corrected chi connectivity index (χ0v) is 22.9. The van der Waals surface area contributed by atoms with Crippen molar-refractivity contribution >= 4 is 33.5 Å². The molecule has 0 unspecified atom stereocenters. The number of carbonyl (C=O) groups excluding carboxylic acids is 4. The summed E-state index contributed by atoms with van der Waals surface area (Å²) in [6, 6.07) is 5.49. The summed E-state index contributed by atoms with van der Waals surface area (Å²) in [6.45, 7) is 2.32. The van der Waals surface area contributed by atoms with Gasteiger partial charge >= 0.3 is 0 Å². The minimum absolute atomic E-state index is 0.107. The number of nitrogens with zero attached hydrogens (tertiary/aromatic N) is 1. The Hall–Kier alpha value is -3.07. The first-order valence-corrected chi connectivity index (χ1v) is 14.7. The second kappa shape index (κ2) is 13.8. The fourth-order valence-corrected chi connectivity index (χ4v) is 5.23. The number of nitrogens with two attached hydrogens (primary N) is 1. The molecule has 13 nitrogen and oxygen atoms in total. The van der Waals surface area contributed by atoms with E-state index in [1.54, 1.807) is 24.3 Å². The molecule has 0 saturated carbocycles. The molecule has 2 fully saturated rings. The summed E-state index contributed by atoms with van der Waals surface area (Å²) in [5, 5.41) is 8.12. The number of ether oxygens (including phenoxy) is 2. The molecular weight excluding hydrogens is 530 g/mol. The van der Waals surface area contributed by atoms with Crippen molar-refractivity contribution in [1.29, 1.82) is 0 Å². The first-order chi connectivity index (χ1) is 18.5. The maximum absolute atomic E-state index is 13.0. The third kappa shape index (κ3) is 9.88. The van der Waals surface area contributed by atoms with Crippen molar-refractivity contribution in [2.75, 3.05) is 52.3 Å². The van der Waals surface area contributed by atoms with E-state index in [0.29, 0.717) is 32.5 Å². The van der Waals surface area contributed by atoms with E-state index in [1.165, 1.54) is 0 Å². The molecule has 1 aromatic rings. The number of primary amides is 1. The average molecular weight is 568 g/mol. The highest BCUT2D eigenvalue weighted by Gasteiger charge is 2.38. The monoisotopic (exact) mass is 567 g/mol. The fourth-order valence-electron chi connectivity index (χ4n) is 4.60. The Morgan fingerprint density at radius 2 is 1.69 bits per heavy atom. The van der Waals surface area contributed by atoms with E-state index in [9.17, 15) is 27.6 Å². The molecular formula is C25H37N5O8S. The normalized spacial score (nSPS) is 22.8. The molecule has 0 aromatic heterocycles. The molecule has 2 aliphatic rings. The van der Waals surface area contributed by atoms with E-state index in [1.807, 2.05) is 0 Å².